The lowest BCUT2D eigenvalue weighted by Crippen LogP contribution is -2.42. The molecule has 1 N–H and O–H groups in total. The summed E-state index contributed by atoms with van der Waals surface area (Å²) < 4.78 is 14.7. The minimum Gasteiger partial charge on any atom is -0.304 e. The Hall–Kier alpha value is -2.03. The van der Waals surface area contributed by atoms with Gasteiger partial charge < -0.3 is 10.2 Å². The summed E-state index contributed by atoms with van der Waals surface area (Å²) in [4.78, 5) is 14.9. The van der Waals surface area contributed by atoms with Crippen molar-refractivity contribution in [1.82, 2.24) is 10.2 Å². The fourth-order valence-electron chi connectivity index (χ4n) is 4.96. The van der Waals surface area contributed by atoms with E-state index in [2.05, 4.69) is 29.4 Å². The molecule has 4 rings (SSSR count). The average Bonchev–Trinajstić information content (AvgIpc) is 3.33. The molecule has 2 heterocycles. The van der Waals surface area contributed by atoms with Gasteiger partial charge in [-0.3, -0.25) is 4.79 Å². The van der Waals surface area contributed by atoms with Crippen LogP contribution in [0.15, 0.2) is 24.3 Å². The predicted molar refractivity (Wildman–Crippen MR) is 107 cm³/mol. The fourth-order valence-corrected chi connectivity index (χ4v) is 4.96. The number of benzene rings is 1. The highest BCUT2D eigenvalue weighted by Crippen LogP contribution is 2.36. The highest BCUT2D eigenvalue weighted by atomic mass is 19.1. The highest BCUT2D eigenvalue weighted by molar-refractivity contribution is 5.85. The second kappa shape index (κ2) is 8.14. The number of carbonyl (C=O) groups is 1. The van der Waals surface area contributed by atoms with E-state index in [0.717, 1.165) is 44.3 Å². The molecule has 1 aromatic rings. The molecule has 4 nitrogen and oxygen atoms in total. The molecule has 2 aliphatic heterocycles. The van der Waals surface area contributed by atoms with E-state index in [1.807, 2.05) is 6.07 Å². The predicted octanol–water partition coefficient (Wildman–Crippen LogP) is 3.33. The number of hydrogen-bond donors (Lipinski definition) is 1. The molecule has 1 aliphatic carbocycles. The van der Waals surface area contributed by atoms with E-state index in [1.165, 1.54) is 5.57 Å². The first kappa shape index (κ1) is 19.3. The number of ketones is 1. The number of nitrogens with zero attached hydrogens (tertiary/aromatic N) is 2. The van der Waals surface area contributed by atoms with E-state index < -0.39 is 5.92 Å². The zero-order chi connectivity index (χ0) is 19.7. The SMILES string of the molecule is CN1CC=C(c2ccc(C[C@@H](C#N)CC(=O)[C@H]3N[C@@H]4CC[C@H]3C4)c(F)c2)CC1. The third-order valence-corrected chi connectivity index (χ3v) is 6.64. The van der Waals surface area contributed by atoms with E-state index in [4.69, 9.17) is 0 Å². The van der Waals surface area contributed by atoms with Crippen molar-refractivity contribution < 1.29 is 9.18 Å². The first-order valence-electron chi connectivity index (χ1n) is 10.4. The minimum atomic E-state index is -0.476. The number of likely N-dealkylation sites (N-methyl/N-ethyl adjacent to an activating group) is 1. The second-order valence-corrected chi connectivity index (χ2v) is 8.66. The Labute approximate surface area is 166 Å². The average molecular weight is 381 g/mol. The summed E-state index contributed by atoms with van der Waals surface area (Å²) in [5.74, 6) is -0.206. The van der Waals surface area contributed by atoms with Crippen LogP contribution in [0.5, 0.6) is 0 Å². The Morgan fingerprint density at radius 1 is 1.43 bits per heavy atom. The summed E-state index contributed by atoms with van der Waals surface area (Å²) in [7, 11) is 2.08. The Morgan fingerprint density at radius 2 is 2.29 bits per heavy atom. The van der Waals surface area contributed by atoms with Gasteiger partial charge in [0, 0.05) is 25.6 Å². The van der Waals surface area contributed by atoms with Crippen molar-refractivity contribution in [2.75, 3.05) is 20.1 Å². The van der Waals surface area contributed by atoms with Gasteiger partial charge >= 0.3 is 0 Å². The molecule has 148 valence electrons. The topological polar surface area (TPSA) is 56.1 Å². The van der Waals surface area contributed by atoms with Crippen molar-refractivity contribution in [3.63, 3.8) is 0 Å². The molecule has 0 radical (unpaired) electrons. The van der Waals surface area contributed by atoms with Gasteiger partial charge in [-0.15, -0.1) is 0 Å². The fraction of sp³-hybridized carbons (Fsp3) is 0.565. The van der Waals surface area contributed by atoms with Crippen molar-refractivity contribution in [2.45, 2.75) is 50.6 Å². The number of halogens is 1. The van der Waals surface area contributed by atoms with E-state index in [-0.39, 0.29) is 30.5 Å². The summed E-state index contributed by atoms with van der Waals surface area (Å²) >= 11 is 0. The maximum Gasteiger partial charge on any atom is 0.151 e. The van der Waals surface area contributed by atoms with Crippen LogP contribution in [-0.4, -0.2) is 42.9 Å². The first-order valence-corrected chi connectivity index (χ1v) is 10.4. The van der Waals surface area contributed by atoms with Crippen molar-refractivity contribution >= 4 is 11.4 Å². The third kappa shape index (κ3) is 4.04. The van der Waals surface area contributed by atoms with Gasteiger partial charge in [0.05, 0.1) is 18.0 Å². The number of fused-ring (bicyclic) bond motifs is 2. The number of rotatable bonds is 6. The summed E-state index contributed by atoms with van der Waals surface area (Å²) in [5, 5.41) is 12.9. The smallest absolute Gasteiger partial charge is 0.151 e. The second-order valence-electron chi connectivity index (χ2n) is 8.66. The Balaban J connectivity index is 1.39. The number of nitriles is 1. The van der Waals surface area contributed by atoms with Gasteiger partial charge in [-0.2, -0.15) is 5.26 Å². The molecule has 1 saturated heterocycles. The van der Waals surface area contributed by atoms with Crippen molar-refractivity contribution in [3.8, 4) is 6.07 Å². The molecule has 2 fully saturated rings. The molecule has 0 aromatic heterocycles. The Morgan fingerprint density at radius 3 is 2.89 bits per heavy atom. The normalized spacial score (nSPS) is 28.0. The van der Waals surface area contributed by atoms with Crippen LogP contribution in [0.1, 0.15) is 43.2 Å². The largest absolute Gasteiger partial charge is 0.304 e. The van der Waals surface area contributed by atoms with Crippen LogP contribution in [0.3, 0.4) is 0 Å². The van der Waals surface area contributed by atoms with E-state index in [0.29, 0.717) is 17.5 Å². The molecule has 0 unspecified atom stereocenters. The van der Waals surface area contributed by atoms with Crippen LogP contribution >= 0.6 is 0 Å². The lowest BCUT2D eigenvalue weighted by atomic mass is 9.88. The molecule has 5 heteroatoms. The van der Waals surface area contributed by atoms with Crippen LogP contribution in [0, 0.1) is 29.0 Å². The molecule has 0 amide bonds. The number of Topliss-reactive ketones (excluding diaryl/α,β-unsaturated/α-hetero) is 1. The molecule has 0 spiro atoms. The van der Waals surface area contributed by atoms with Crippen LogP contribution in [-0.2, 0) is 11.2 Å². The van der Waals surface area contributed by atoms with Crippen LogP contribution in [0.2, 0.25) is 0 Å². The molecule has 2 bridgehead atoms. The highest BCUT2D eigenvalue weighted by Gasteiger charge is 2.42. The van der Waals surface area contributed by atoms with Gasteiger partial charge in [0.15, 0.2) is 5.78 Å². The Kier molecular flexibility index (Phi) is 5.61. The third-order valence-electron chi connectivity index (χ3n) is 6.64. The van der Waals surface area contributed by atoms with Crippen molar-refractivity contribution in [1.29, 1.82) is 5.26 Å². The van der Waals surface area contributed by atoms with E-state index in [1.54, 1.807) is 12.1 Å². The van der Waals surface area contributed by atoms with Gasteiger partial charge in [0.25, 0.3) is 0 Å². The molecular formula is C23H28FN3O. The van der Waals surface area contributed by atoms with E-state index >= 15 is 0 Å². The summed E-state index contributed by atoms with van der Waals surface area (Å²) in [5.41, 5.74) is 2.63. The Bertz CT molecular complexity index is 828. The lowest BCUT2D eigenvalue weighted by Gasteiger charge is -2.23. The maximum atomic E-state index is 14.7. The monoisotopic (exact) mass is 381 g/mol. The number of hydrogen-bond acceptors (Lipinski definition) is 4. The lowest BCUT2D eigenvalue weighted by molar-refractivity contribution is -0.122. The van der Waals surface area contributed by atoms with Crippen molar-refractivity contribution in [2.24, 2.45) is 11.8 Å². The number of piperidine rings is 1. The zero-order valence-electron chi connectivity index (χ0n) is 16.5. The zero-order valence-corrected chi connectivity index (χ0v) is 16.5. The molecule has 3 aliphatic rings. The number of carbonyl (C=O) groups excluding carboxylic acids is 1. The summed E-state index contributed by atoms with van der Waals surface area (Å²) in [6.45, 7) is 1.86. The minimum absolute atomic E-state index is 0.0989. The van der Waals surface area contributed by atoms with Crippen LogP contribution in [0.25, 0.3) is 5.57 Å². The molecule has 4 atom stereocenters. The maximum absolute atomic E-state index is 14.7. The van der Waals surface area contributed by atoms with Gasteiger partial charge in [-0.25, -0.2) is 4.39 Å². The van der Waals surface area contributed by atoms with Crippen molar-refractivity contribution in [3.05, 3.63) is 41.2 Å². The molecule has 28 heavy (non-hydrogen) atoms. The van der Waals surface area contributed by atoms with E-state index in [9.17, 15) is 14.4 Å². The van der Waals surface area contributed by atoms with Crippen LogP contribution < -0.4 is 5.32 Å². The van der Waals surface area contributed by atoms with Gasteiger partial charge in [0.1, 0.15) is 5.82 Å². The molecular weight excluding hydrogens is 353 g/mol. The van der Waals surface area contributed by atoms with Gasteiger partial charge in [-0.05, 0) is 67.8 Å². The standard InChI is InChI=1S/C23H28FN3O/c1-27-8-6-16(7-9-27)17-2-3-18(21(24)13-17)10-15(14-25)11-22(28)23-19-4-5-20(12-19)26-23/h2-3,6,13,15,19-20,23,26H,4-5,7-12H2,1H3/t15-,19+,20-,23+/m1/s1. The van der Waals surface area contributed by atoms with Gasteiger partial charge in [0.2, 0.25) is 0 Å². The summed E-state index contributed by atoms with van der Waals surface area (Å²) in [6, 6.07) is 7.92. The van der Waals surface area contributed by atoms with Gasteiger partial charge in [-0.1, -0.05) is 18.2 Å². The quantitative estimate of drug-likeness (QED) is 0.821. The number of nitrogens with one attached hydrogen (secondary N) is 1. The first-order chi connectivity index (χ1) is 13.5. The van der Waals surface area contributed by atoms with Crippen LogP contribution in [0.4, 0.5) is 4.39 Å². The molecule has 1 aromatic carbocycles. The molecule has 1 saturated carbocycles. The summed E-state index contributed by atoms with van der Waals surface area (Å²) in [6.07, 6.45) is 6.90.